The number of carbonyl (C=O) groups excluding carboxylic acids is 3. The second-order valence-electron chi connectivity index (χ2n) is 6.05. The van der Waals surface area contributed by atoms with Gasteiger partial charge in [-0.2, -0.15) is 0 Å². The van der Waals surface area contributed by atoms with Crippen LogP contribution in [0.2, 0.25) is 0 Å². The lowest BCUT2D eigenvalue weighted by molar-refractivity contribution is -0.137. The van der Waals surface area contributed by atoms with Crippen LogP contribution in [0.5, 0.6) is 5.75 Å². The van der Waals surface area contributed by atoms with E-state index in [0.29, 0.717) is 23.7 Å². The van der Waals surface area contributed by atoms with Crippen LogP contribution in [0.3, 0.4) is 0 Å². The molecule has 0 fully saturated rings. The highest BCUT2D eigenvalue weighted by atomic mass is 16.5. The molecule has 150 valence electrons. The number of nitrogens with one attached hydrogen (secondary N) is 1. The van der Waals surface area contributed by atoms with E-state index in [9.17, 15) is 14.4 Å². The number of carbonyl (C=O) groups is 3. The predicted octanol–water partition coefficient (Wildman–Crippen LogP) is 2.00. The van der Waals surface area contributed by atoms with Crippen molar-refractivity contribution in [3.63, 3.8) is 0 Å². The first kappa shape index (κ1) is 21.0. The molecule has 2 amide bonds. The Kier molecular flexibility index (Phi) is 8.08. The summed E-state index contributed by atoms with van der Waals surface area (Å²) in [5.74, 6) is -0.172. The van der Waals surface area contributed by atoms with Crippen LogP contribution in [-0.4, -0.2) is 49.5 Å². The Morgan fingerprint density at radius 1 is 1.14 bits per heavy atom. The molecule has 0 spiro atoms. The van der Waals surface area contributed by atoms with E-state index in [-0.39, 0.29) is 19.0 Å². The van der Waals surface area contributed by atoms with Gasteiger partial charge in [0.2, 0.25) is 5.91 Å². The molecule has 0 unspecified atom stereocenters. The maximum Gasteiger partial charge on any atom is 0.338 e. The zero-order valence-corrected chi connectivity index (χ0v) is 16.0. The largest absolute Gasteiger partial charge is 0.494 e. The van der Waals surface area contributed by atoms with Crippen molar-refractivity contribution in [2.24, 2.45) is 0 Å². The standard InChI is InChI=1S/C20H24N2O6/c1-3-10-26-16-8-6-15(7-9-16)20(25)28-14-19(24)22(2)13-18(23)21-12-17-5-4-11-27-17/h4-9,11H,3,10,12-14H2,1-2H3,(H,21,23). The molecule has 2 rings (SSSR count). The number of hydrogen-bond acceptors (Lipinski definition) is 6. The molecule has 0 saturated heterocycles. The Labute approximate surface area is 163 Å². The fourth-order valence-corrected chi connectivity index (χ4v) is 2.19. The first-order valence-electron chi connectivity index (χ1n) is 8.92. The molecule has 0 bridgehead atoms. The van der Waals surface area contributed by atoms with Crippen molar-refractivity contribution < 1.29 is 28.3 Å². The fraction of sp³-hybridized carbons (Fsp3) is 0.350. The third-order valence-corrected chi connectivity index (χ3v) is 3.74. The average Bonchev–Trinajstić information content (AvgIpc) is 3.22. The van der Waals surface area contributed by atoms with Gasteiger partial charge in [-0.1, -0.05) is 6.92 Å². The summed E-state index contributed by atoms with van der Waals surface area (Å²) in [5, 5.41) is 2.64. The van der Waals surface area contributed by atoms with Gasteiger partial charge in [-0.25, -0.2) is 4.79 Å². The number of rotatable bonds is 10. The van der Waals surface area contributed by atoms with Crippen LogP contribution in [0.4, 0.5) is 0 Å². The smallest absolute Gasteiger partial charge is 0.338 e. The minimum Gasteiger partial charge on any atom is -0.494 e. The Balaban J connectivity index is 1.72. The average molecular weight is 388 g/mol. The Bertz CT molecular complexity index is 771. The molecule has 0 aliphatic heterocycles. The number of esters is 1. The molecule has 0 atom stereocenters. The molecular formula is C20H24N2O6. The van der Waals surface area contributed by atoms with Crippen molar-refractivity contribution in [1.82, 2.24) is 10.2 Å². The van der Waals surface area contributed by atoms with Crippen molar-refractivity contribution in [2.75, 3.05) is 26.8 Å². The molecule has 8 heteroatoms. The quantitative estimate of drug-likeness (QED) is 0.625. The molecular weight excluding hydrogens is 364 g/mol. The van der Waals surface area contributed by atoms with E-state index >= 15 is 0 Å². The van der Waals surface area contributed by atoms with Gasteiger partial charge >= 0.3 is 5.97 Å². The van der Waals surface area contributed by atoms with E-state index in [1.807, 2.05) is 6.92 Å². The first-order chi connectivity index (χ1) is 13.5. The first-order valence-corrected chi connectivity index (χ1v) is 8.92. The summed E-state index contributed by atoms with van der Waals surface area (Å²) in [6.07, 6.45) is 2.40. The molecule has 8 nitrogen and oxygen atoms in total. The number of furan rings is 1. The third kappa shape index (κ3) is 6.79. The van der Waals surface area contributed by atoms with Crippen molar-refractivity contribution in [2.45, 2.75) is 19.9 Å². The summed E-state index contributed by atoms with van der Waals surface area (Å²) in [6, 6.07) is 9.94. The van der Waals surface area contributed by atoms with Gasteiger partial charge in [0.05, 0.1) is 31.5 Å². The summed E-state index contributed by atoms with van der Waals surface area (Å²) in [4.78, 5) is 37.1. The zero-order chi connectivity index (χ0) is 20.4. The summed E-state index contributed by atoms with van der Waals surface area (Å²) in [5.41, 5.74) is 0.315. The maximum atomic E-state index is 12.0. The van der Waals surface area contributed by atoms with Crippen LogP contribution in [0.25, 0.3) is 0 Å². The highest BCUT2D eigenvalue weighted by Gasteiger charge is 2.16. The van der Waals surface area contributed by atoms with Crippen molar-refractivity contribution in [1.29, 1.82) is 0 Å². The lowest BCUT2D eigenvalue weighted by Gasteiger charge is -2.16. The minimum atomic E-state index is -0.619. The molecule has 0 saturated carbocycles. The van der Waals surface area contributed by atoms with Crippen LogP contribution in [-0.2, 0) is 20.9 Å². The Morgan fingerprint density at radius 3 is 2.54 bits per heavy atom. The maximum absolute atomic E-state index is 12.0. The molecule has 1 N–H and O–H groups in total. The number of ether oxygens (including phenoxy) is 2. The Morgan fingerprint density at radius 2 is 1.89 bits per heavy atom. The van der Waals surface area contributed by atoms with E-state index in [2.05, 4.69) is 5.32 Å². The van der Waals surface area contributed by atoms with E-state index < -0.39 is 18.5 Å². The number of likely N-dealkylation sites (N-methyl/N-ethyl adjacent to an activating group) is 1. The Hall–Kier alpha value is -3.29. The topological polar surface area (TPSA) is 98.1 Å². The van der Waals surface area contributed by atoms with Gasteiger partial charge in [-0.15, -0.1) is 0 Å². The van der Waals surface area contributed by atoms with Gasteiger partial charge < -0.3 is 24.1 Å². The van der Waals surface area contributed by atoms with E-state index in [1.165, 1.54) is 18.2 Å². The van der Waals surface area contributed by atoms with Crippen LogP contribution in [0.15, 0.2) is 47.1 Å². The number of hydrogen-bond donors (Lipinski definition) is 1. The molecule has 2 aromatic rings. The molecule has 1 aromatic heterocycles. The zero-order valence-electron chi connectivity index (χ0n) is 16.0. The normalized spacial score (nSPS) is 10.2. The summed E-state index contributed by atoms with van der Waals surface area (Å²) in [7, 11) is 1.46. The molecule has 0 aliphatic rings. The van der Waals surface area contributed by atoms with Crippen LogP contribution in [0.1, 0.15) is 29.5 Å². The minimum absolute atomic E-state index is 0.152. The third-order valence-electron chi connectivity index (χ3n) is 3.74. The van der Waals surface area contributed by atoms with E-state index in [0.717, 1.165) is 6.42 Å². The number of nitrogens with zero attached hydrogens (tertiary/aromatic N) is 1. The number of amides is 2. The van der Waals surface area contributed by atoms with E-state index in [1.54, 1.807) is 36.4 Å². The lowest BCUT2D eigenvalue weighted by Crippen LogP contribution is -2.39. The molecule has 1 aromatic carbocycles. The molecule has 28 heavy (non-hydrogen) atoms. The summed E-state index contributed by atoms with van der Waals surface area (Å²) < 4.78 is 15.6. The molecule has 0 aliphatic carbocycles. The second-order valence-corrected chi connectivity index (χ2v) is 6.05. The lowest BCUT2D eigenvalue weighted by atomic mass is 10.2. The van der Waals surface area contributed by atoms with Gasteiger partial charge in [0.15, 0.2) is 6.61 Å². The van der Waals surface area contributed by atoms with Crippen molar-refractivity contribution >= 4 is 17.8 Å². The van der Waals surface area contributed by atoms with Gasteiger partial charge in [-0.05, 0) is 42.8 Å². The predicted molar refractivity (Wildman–Crippen MR) is 101 cm³/mol. The molecule has 1 heterocycles. The summed E-state index contributed by atoms with van der Waals surface area (Å²) >= 11 is 0. The highest BCUT2D eigenvalue weighted by Crippen LogP contribution is 2.13. The van der Waals surface area contributed by atoms with Crippen LogP contribution >= 0.6 is 0 Å². The van der Waals surface area contributed by atoms with E-state index in [4.69, 9.17) is 13.9 Å². The SMILES string of the molecule is CCCOc1ccc(C(=O)OCC(=O)N(C)CC(=O)NCc2ccco2)cc1. The van der Waals surface area contributed by atoms with Gasteiger partial charge in [0, 0.05) is 7.05 Å². The van der Waals surface area contributed by atoms with Crippen LogP contribution < -0.4 is 10.1 Å². The highest BCUT2D eigenvalue weighted by molar-refractivity contribution is 5.92. The van der Waals surface area contributed by atoms with Gasteiger partial charge in [0.25, 0.3) is 5.91 Å². The number of benzene rings is 1. The van der Waals surface area contributed by atoms with Gasteiger partial charge in [0.1, 0.15) is 11.5 Å². The van der Waals surface area contributed by atoms with Crippen molar-refractivity contribution in [3.8, 4) is 5.75 Å². The van der Waals surface area contributed by atoms with Gasteiger partial charge in [-0.3, -0.25) is 9.59 Å². The fourth-order valence-electron chi connectivity index (χ4n) is 2.19. The molecule has 0 radical (unpaired) electrons. The summed E-state index contributed by atoms with van der Waals surface area (Å²) in [6.45, 7) is 2.23. The second kappa shape index (κ2) is 10.8. The van der Waals surface area contributed by atoms with Crippen LogP contribution in [0, 0.1) is 0 Å². The monoisotopic (exact) mass is 388 g/mol. The van der Waals surface area contributed by atoms with Crippen molar-refractivity contribution in [3.05, 3.63) is 54.0 Å².